The van der Waals surface area contributed by atoms with Crippen LogP contribution < -0.4 is 5.32 Å². The summed E-state index contributed by atoms with van der Waals surface area (Å²) in [5.74, 6) is 0.731. The Morgan fingerprint density at radius 2 is 1.94 bits per heavy atom. The Morgan fingerprint density at radius 1 is 1.18 bits per heavy atom. The number of hydrogen-bond acceptors (Lipinski definition) is 1. The average Bonchev–Trinajstić information content (AvgIpc) is 2.38. The summed E-state index contributed by atoms with van der Waals surface area (Å²) in [6, 6.07) is 7.32. The lowest BCUT2D eigenvalue weighted by atomic mass is 9.90. The Labute approximate surface area is 106 Å². The number of aryl methyl sites for hydroxylation is 1. The molecule has 0 saturated heterocycles. The van der Waals surface area contributed by atoms with Crippen molar-refractivity contribution in [2.24, 2.45) is 5.92 Å². The molecule has 1 heteroatoms. The van der Waals surface area contributed by atoms with Crippen molar-refractivity contribution < 1.29 is 0 Å². The van der Waals surface area contributed by atoms with Gasteiger partial charge in [-0.2, -0.15) is 0 Å². The van der Waals surface area contributed by atoms with Crippen LogP contribution in [0.1, 0.15) is 51.2 Å². The first-order valence-corrected chi connectivity index (χ1v) is 7.09. The predicted molar refractivity (Wildman–Crippen MR) is 75.6 cm³/mol. The Balaban J connectivity index is 2.15. The van der Waals surface area contributed by atoms with Gasteiger partial charge in [-0.3, -0.25) is 0 Å². The van der Waals surface area contributed by atoms with E-state index in [1.165, 1.54) is 37.8 Å². The molecule has 0 fully saturated rings. The summed E-state index contributed by atoms with van der Waals surface area (Å²) in [5.41, 5.74) is 4.53. The van der Waals surface area contributed by atoms with Gasteiger partial charge in [-0.25, -0.2) is 0 Å². The molecule has 1 aliphatic carbocycles. The summed E-state index contributed by atoms with van der Waals surface area (Å²) < 4.78 is 0. The first kappa shape index (κ1) is 12.5. The fraction of sp³-hybridized carbons (Fsp3) is 0.625. The fourth-order valence-corrected chi connectivity index (χ4v) is 2.66. The standard InChI is InChI=1S/C16H25N/c1-4-12(2)13(3)17-16-11-7-9-14-8-5-6-10-15(14)16/h7,9,11-13,17H,4-6,8,10H2,1-3H3. The van der Waals surface area contributed by atoms with Crippen LogP contribution in [0.5, 0.6) is 0 Å². The van der Waals surface area contributed by atoms with Crippen molar-refractivity contribution in [2.75, 3.05) is 5.32 Å². The highest BCUT2D eigenvalue weighted by molar-refractivity contribution is 5.56. The molecule has 2 rings (SSSR count). The van der Waals surface area contributed by atoms with E-state index in [0.29, 0.717) is 6.04 Å². The summed E-state index contributed by atoms with van der Waals surface area (Å²) >= 11 is 0. The van der Waals surface area contributed by atoms with Gasteiger partial charge >= 0.3 is 0 Å². The molecule has 0 spiro atoms. The minimum atomic E-state index is 0.563. The van der Waals surface area contributed by atoms with E-state index in [1.807, 2.05) is 0 Å². The van der Waals surface area contributed by atoms with Crippen molar-refractivity contribution in [2.45, 2.75) is 58.9 Å². The molecule has 1 N–H and O–H groups in total. The number of anilines is 1. The lowest BCUT2D eigenvalue weighted by molar-refractivity contribution is 0.494. The predicted octanol–water partition coefficient (Wildman–Crippen LogP) is 4.41. The maximum Gasteiger partial charge on any atom is 0.0377 e. The van der Waals surface area contributed by atoms with Gasteiger partial charge in [0.1, 0.15) is 0 Å². The summed E-state index contributed by atoms with van der Waals surface area (Å²) in [7, 11) is 0. The molecule has 0 aromatic heterocycles. The number of rotatable bonds is 4. The first-order chi connectivity index (χ1) is 8.22. The summed E-state index contributed by atoms with van der Waals surface area (Å²) in [6.45, 7) is 6.90. The largest absolute Gasteiger partial charge is 0.382 e. The summed E-state index contributed by atoms with van der Waals surface area (Å²) in [6.07, 6.45) is 6.47. The van der Waals surface area contributed by atoms with Crippen molar-refractivity contribution in [3.05, 3.63) is 29.3 Å². The van der Waals surface area contributed by atoms with Crippen LogP contribution in [0.2, 0.25) is 0 Å². The van der Waals surface area contributed by atoms with Crippen molar-refractivity contribution in [3.63, 3.8) is 0 Å². The zero-order valence-corrected chi connectivity index (χ0v) is 11.4. The molecule has 0 saturated carbocycles. The van der Waals surface area contributed by atoms with Gasteiger partial charge in [0.2, 0.25) is 0 Å². The molecule has 0 aliphatic heterocycles. The fourth-order valence-electron chi connectivity index (χ4n) is 2.66. The molecule has 2 unspecified atom stereocenters. The minimum absolute atomic E-state index is 0.563. The van der Waals surface area contributed by atoms with Gasteiger partial charge in [-0.05, 0) is 55.7 Å². The van der Waals surface area contributed by atoms with E-state index in [-0.39, 0.29) is 0 Å². The van der Waals surface area contributed by atoms with Crippen LogP contribution >= 0.6 is 0 Å². The Kier molecular flexibility index (Phi) is 4.09. The number of hydrogen-bond donors (Lipinski definition) is 1. The molecule has 1 nitrogen and oxygen atoms in total. The van der Waals surface area contributed by atoms with Gasteiger partial charge in [-0.1, -0.05) is 32.4 Å². The van der Waals surface area contributed by atoms with Gasteiger partial charge in [0.15, 0.2) is 0 Å². The van der Waals surface area contributed by atoms with Gasteiger partial charge in [0.05, 0.1) is 0 Å². The van der Waals surface area contributed by atoms with Crippen molar-refractivity contribution in [1.82, 2.24) is 0 Å². The van der Waals surface area contributed by atoms with E-state index in [2.05, 4.69) is 44.3 Å². The molecule has 1 aromatic rings. The number of benzene rings is 1. The Morgan fingerprint density at radius 3 is 2.71 bits per heavy atom. The van der Waals surface area contributed by atoms with Crippen molar-refractivity contribution in [1.29, 1.82) is 0 Å². The summed E-state index contributed by atoms with van der Waals surface area (Å²) in [5, 5.41) is 3.72. The van der Waals surface area contributed by atoms with Crippen LogP contribution in [-0.4, -0.2) is 6.04 Å². The van der Waals surface area contributed by atoms with Crippen molar-refractivity contribution >= 4 is 5.69 Å². The number of fused-ring (bicyclic) bond motifs is 1. The lowest BCUT2D eigenvalue weighted by Crippen LogP contribution is -2.24. The average molecular weight is 231 g/mol. The van der Waals surface area contributed by atoms with E-state index in [9.17, 15) is 0 Å². The second-order valence-corrected chi connectivity index (χ2v) is 5.47. The second-order valence-electron chi connectivity index (χ2n) is 5.47. The topological polar surface area (TPSA) is 12.0 Å². The summed E-state index contributed by atoms with van der Waals surface area (Å²) in [4.78, 5) is 0. The lowest BCUT2D eigenvalue weighted by Gasteiger charge is -2.25. The molecular formula is C16H25N. The van der Waals surface area contributed by atoms with Crippen LogP contribution in [0.4, 0.5) is 5.69 Å². The normalized spacial score (nSPS) is 18.3. The molecule has 94 valence electrons. The second kappa shape index (κ2) is 5.57. The van der Waals surface area contributed by atoms with Crippen LogP contribution in [0.25, 0.3) is 0 Å². The van der Waals surface area contributed by atoms with E-state index < -0.39 is 0 Å². The Hall–Kier alpha value is -0.980. The molecule has 0 amide bonds. The molecule has 0 radical (unpaired) electrons. The van der Waals surface area contributed by atoms with E-state index >= 15 is 0 Å². The van der Waals surface area contributed by atoms with Gasteiger partial charge in [0.25, 0.3) is 0 Å². The SMILES string of the molecule is CCC(C)C(C)Nc1cccc2c1CCCC2. The zero-order valence-electron chi connectivity index (χ0n) is 11.4. The van der Waals surface area contributed by atoms with E-state index in [1.54, 1.807) is 11.1 Å². The molecule has 17 heavy (non-hydrogen) atoms. The third-order valence-corrected chi connectivity index (χ3v) is 4.28. The first-order valence-electron chi connectivity index (χ1n) is 7.09. The van der Waals surface area contributed by atoms with Crippen LogP contribution in [0, 0.1) is 5.92 Å². The van der Waals surface area contributed by atoms with E-state index in [4.69, 9.17) is 0 Å². The van der Waals surface area contributed by atoms with Gasteiger partial charge in [0, 0.05) is 11.7 Å². The molecule has 1 aliphatic rings. The quantitative estimate of drug-likeness (QED) is 0.809. The van der Waals surface area contributed by atoms with Crippen LogP contribution in [0.15, 0.2) is 18.2 Å². The highest BCUT2D eigenvalue weighted by Gasteiger charge is 2.15. The molecular weight excluding hydrogens is 206 g/mol. The highest BCUT2D eigenvalue weighted by Crippen LogP contribution is 2.29. The molecule has 0 heterocycles. The maximum atomic E-state index is 3.72. The van der Waals surface area contributed by atoms with Crippen LogP contribution in [0.3, 0.4) is 0 Å². The Bertz CT molecular complexity index is 370. The zero-order chi connectivity index (χ0) is 12.3. The monoisotopic (exact) mass is 231 g/mol. The smallest absolute Gasteiger partial charge is 0.0377 e. The maximum absolute atomic E-state index is 3.72. The van der Waals surface area contributed by atoms with Gasteiger partial charge < -0.3 is 5.32 Å². The third kappa shape index (κ3) is 2.83. The molecule has 2 atom stereocenters. The minimum Gasteiger partial charge on any atom is -0.382 e. The molecule has 0 bridgehead atoms. The molecule has 1 aromatic carbocycles. The highest BCUT2D eigenvalue weighted by atomic mass is 14.9. The van der Waals surface area contributed by atoms with Crippen molar-refractivity contribution in [3.8, 4) is 0 Å². The third-order valence-electron chi connectivity index (χ3n) is 4.28. The number of nitrogens with one attached hydrogen (secondary N) is 1. The van der Waals surface area contributed by atoms with Crippen LogP contribution in [-0.2, 0) is 12.8 Å². The van der Waals surface area contributed by atoms with Gasteiger partial charge in [-0.15, -0.1) is 0 Å². The van der Waals surface area contributed by atoms with E-state index in [0.717, 1.165) is 5.92 Å².